The van der Waals surface area contributed by atoms with Crippen LogP contribution in [0.25, 0.3) is 0 Å². The highest BCUT2D eigenvalue weighted by molar-refractivity contribution is 5.84. The van der Waals surface area contributed by atoms with Crippen LogP contribution in [-0.4, -0.2) is 66.1 Å². The molecule has 2 aliphatic heterocycles. The van der Waals surface area contributed by atoms with Gasteiger partial charge in [0.1, 0.15) is 0 Å². The Morgan fingerprint density at radius 2 is 2.10 bits per heavy atom. The lowest BCUT2D eigenvalue weighted by Crippen LogP contribution is -2.59. The fourth-order valence-electron chi connectivity index (χ4n) is 3.71. The molecule has 0 bridgehead atoms. The molecule has 2 heterocycles. The molecule has 5 nitrogen and oxygen atoms in total. The van der Waals surface area contributed by atoms with Gasteiger partial charge in [-0.05, 0) is 46.6 Å². The van der Waals surface area contributed by atoms with E-state index in [4.69, 9.17) is 5.73 Å². The second-order valence-electron chi connectivity index (χ2n) is 7.23. The molecule has 0 saturated carbocycles. The van der Waals surface area contributed by atoms with Crippen LogP contribution in [0.1, 0.15) is 46.5 Å². The molecule has 2 atom stereocenters. The third-order valence-electron chi connectivity index (χ3n) is 5.00. The van der Waals surface area contributed by atoms with Gasteiger partial charge in [-0.2, -0.15) is 0 Å². The molecule has 0 aromatic carbocycles. The average molecular weight is 296 g/mol. The highest BCUT2D eigenvalue weighted by Gasteiger charge is 2.34. The van der Waals surface area contributed by atoms with Gasteiger partial charge in [0.15, 0.2) is 0 Å². The second-order valence-corrected chi connectivity index (χ2v) is 7.23. The number of amides is 1. The highest BCUT2D eigenvalue weighted by Crippen LogP contribution is 2.22. The summed E-state index contributed by atoms with van der Waals surface area (Å²) < 4.78 is 0. The number of carbonyl (C=O) groups excluding carboxylic acids is 1. The molecule has 0 spiro atoms. The minimum absolute atomic E-state index is 0.243. The molecule has 0 aliphatic carbocycles. The number of hydrogen-bond acceptors (Lipinski definition) is 4. The zero-order valence-electron chi connectivity index (χ0n) is 13.9. The van der Waals surface area contributed by atoms with Gasteiger partial charge < -0.3 is 16.0 Å². The Morgan fingerprint density at radius 1 is 1.33 bits per heavy atom. The number of hydrogen-bond donors (Lipinski definition) is 2. The number of carbonyl (C=O) groups is 1. The summed E-state index contributed by atoms with van der Waals surface area (Å²) in [5, 5.41) is 3.34. The van der Waals surface area contributed by atoms with Crippen LogP contribution < -0.4 is 11.1 Å². The molecular weight excluding hydrogens is 264 g/mol. The van der Waals surface area contributed by atoms with Gasteiger partial charge in [-0.3, -0.25) is 9.69 Å². The smallest absolute Gasteiger partial charge is 0.237 e. The summed E-state index contributed by atoms with van der Waals surface area (Å²) in [5.74, 6) is -0.243. The fourth-order valence-corrected chi connectivity index (χ4v) is 3.71. The van der Waals surface area contributed by atoms with Crippen LogP contribution in [0.15, 0.2) is 0 Å². The summed E-state index contributed by atoms with van der Waals surface area (Å²) in [5.41, 5.74) is 5.01. The lowest BCUT2D eigenvalue weighted by Gasteiger charge is -2.44. The lowest BCUT2D eigenvalue weighted by molar-refractivity contribution is -0.124. The van der Waals surface area contributed by atoms with E-state index in [2.05, 4.69) is 29.0 Å². The van der Waals surface area contributed by atoms with Crippen molar-refractivity contribution in [3.05, 3.63) is 0 Å². The quantitative estimate of drug-likeness (QED) is 0.761. The number of nitrogens with zero attached hydrogens (tertiary/aromatic N) is 2. The maximum absolute atomic E-state index is 11.8. The number of nitrogens with two attached hydrogens (primary N) is 1. The van der Waals surface area contributed by atoms with Gasteiger partial charge in [-0.15, -0.1) is 0 Å². The van der Waals surface area contributed by atoms with E-state index < -0.39 is 5.54 Å². The van der Waals surface area contributed by atoms with Crippen molar-refractivity contribution < 1.29 is 4.79 Å². The molecule has 2 fully saturated rings. The van der Waals surface area contributed by atoms with Crippen molar-refractivity contribution in [1.29, 1.82) is 0 Å². The fraction of sp³-hybridized carbons (Fsp3) is 0.938. The van der Waals surface area contributed by atoms with Crippen LogP contribution in [0.3, 0.4) is 0 Å². The van der Waals surface area contributed by atoms with Crippen LogP contribution in [0.2, 0.25) is 0 Å². The number of rotatable bonds is 6. The first-order valence-electron chi connectivity index (χ1n) is 8.45. The first kappa shape index (κ1) is 16.7. The summed E-state index contributed by atoms with van der Waals surface area (Å²) in [6.45, 7) is 11.7. The van der Waals surface area contributed by atoms with Gasteiger partial charge in [0.25, 0.3) is 0 Å². The number of fused-ring (bicyclic) bond motifs is 1. The van der Waals surface area contributed by atoms with Gasteiger partial charge >= 0.3 is 0 Å². The lowest BCUT2D eigenvalue weighted by atomic mass is 9.94. The molecular formula is C16H32N4O. The molecule has 0 radical (unpaired) electrons. The summed E-state index contributed by atoms with van der Waals surface area (Å²) in [4.78, 5) is 16.9. The minimum Gasteiger partial charge on any atom is -0.368 e. The zero-order valence-corrected chi connectivity index (χ0v) is 13.9. The topological polar surface area (TPSA) is 61.6 Å². The van der Waals surface area contributed by atoms with E-state index in [1.807, 2.05) is 6.92 Å². The van der Waals surface area contributed by atoms with Gasteiger partial charge in [0, 0.05) is 38.3 Å². The molecule has 122 valence electrons. The van der Waals surface area contributed by atoms with E-state index in [0.717, 1.165) is 32.1 Å². The van der Waals surface area contributed by atoms with Gasteiger partial charge in [-0.1, -0.05) is 6.42 Å². The van der Waals surface area contributed by atoms with Crippen LogP contribution in [-0.2, 0) is 4.79 Å². The number of primary amides is 1. The van der Waals surface area contributed by atoms with Gasteiger partial charge in [-0.25, -0.2) is 0 Å². The first-order valence-corrected chi connectivity index (χ1v) is 8.45. The molecule has 5 heteroatoms. The van der Waals surface area contributed by atoms with Crippen molar-refractivity contribution >= 4 is 5.91 Å². The Labute approximate surface area is 129 Å². The summed E-state index contributed by atoms with van der Waals surface area (Å²) >= 11 is 0. The predicted octanol–water partition coefficient (Wildman–Crippen LogP) is 0.789. The number of piperidine rings is 1. The van der Waals surface area contributed by atoms with E-state index in [9.17, 15) is 4.79 Å². The normalized spacial score (nSPS) is 27.3. The van der Waals surface area contributed by atoms with E-state index >= 15 is 0 Å². The highest BCUT2D eigenvalue weighted by atomic mass is 16.1. The third-order valence-corrected chi connectivity index (χ3v) is 5.00. The number of piperazine rings is 1. The van der Waals surface area contributed by atoms with Crippen molar-refractivity contribution in [3.8, 4) is 0 Å². The molecule has 1 amide bonds. The minimum atomic E-state index is -0.599. The maximum atomic E-state index is 11.8. The molecule has 2 aliphatic rings. The largest absolute Gasteiger partial charge is 0.368 e. The van der Waals surface area contributed by atoms with E-state index in [0.29, 0.717) is 0 Å². The zero-order chi connectivity index (χ0) is 15.5. The van der Waals surface area contributed by atoms with Crippen LogP contribution >= 0.6 is 0 Å². The maximum Gasteiger partial charge on any atom is 0.237 e. The van der Waals surface area contributed by atoms with Crippen LogP contribution in [0, 0.1) is 0 Å². The van der Waals surface area contributed by atoms with Crippen LogP contribution in [0.4, 0.5) is 0 Å². The van der Waals surface area contributed by atoms with Crippen molar-refractivity contribution in [2.75, 3.05) is 32.7 Å². The predicted molar refractivity (Wildman–Crippen MR) is 86.1 cm³/mol. The van der Waals surface area contributed by atoms with Gasteiger partial charge in [0.2, 0.25) is 5.91 Å². The Hall–Kier alpha value is -0.650. The summed E-state index contributed by atoms with van der Waals surface area (Å²) in [6, 6.07) is 0.989. The molecule has 2 unspecified atom stereocenters. The third kappa shape index (κ3) is 4.41. The van der Waals surface area contributed by atoms with Crippen molar-refractivity contribution in [2.45, 2.75) is 64.1 Å². The van der Waals surface area contributed by atoms with Crippen LogP contribution in [0.5, 0.6) is 0 Å². The Kier molecular flexibility index (Phi) is 5.63. The summed E-state index contributed by atoms with van der Waals surface area (Å²) in [7, 11) is 0. The Balaban J connectivity index is 1.85. The van der Waals surface area contributed by atoms with E-state index in [-0.39, 0.29) is 11.9 Å². The molecule has 21 heavy (non-hydrogen) atoms. The van der Waals surface area contributed by atoms with E-state index in [1.54, 1.807) is 0 Å². The Bertz CT molecular complexity index is 360. The van der Waals surface area contributed by atoms with Crippen molar-refractivity contribution in [1.82, 2.24) is 15.1 Å². The molecule has 3 N–H and O–H groups in total. The molecule has 0 aromatic heterocycles. The number of nitrogens with one attached hydrogen (secondary N) is 1. The molecule has 2 rings (SSSR count). The standard InChI is InChI=1S/C16H32N4O/c1-13(2)18-16(3,15(17)21)7-9-19-10-11-20-8-5-4-6-14(20)12-19/h13-14,18H,4-12H2,1-3H3,(H2,17,21). The molecule has 0 aromatic rings. The summed E-state index contributed by atoms with van der Waals surface area (Å²) in [6.07, 6.45) is 4.83. The van der Waals surface area contributed by atoms with Crippen molar-refractivity contribution in [3.63, 3.8) is 0 Å². The van der Waals surface area contributed by atoms with Gasteiger partial charge in [0.05, 0.1) is 5.54 Å². The van der Waals surface area contributed by atoms with Crippen molar-refractivity contribution in [2.24, 2.45) is 5.73 Å². The first-order chi connectivity index (χ1) is 9.90. The monoisotopic (exact) mass is 296 g/mol. The second kappa shape index (κ2) is 7.07. The average Bonchev–Trinajstić information content (AvgIpc) is 2.44. The van der Waals surface area contributed by atoms with E-state index in [1.165, 1.54) is 32.4 Å². The molecule has 2 saturated heterocycles. The SMILES string of the molecule is CC(C)NC(C)(CCN1CCN2CCCCC2C1)C(N)=O. The Morgan fingerprint density at radius 3 is 2.76 bits per heavy atom.